The van der Waals surface area contributed by atoms with Crippen molar-refractivity contribution >= 4 is 32.4 Å². The van der Waals surface area contributed by atoms with Gasteiger partial charge in [-0.3, -0.25) is 5.10 Å². The Morgan fingerprint density at radius 2 is 2.25 bits per heavy atom. The maximum absolute atomic E-state index is 4.41. The molecule has 82 valence electrons. The topological polar surface area (TPSA) is 40.7 Å². The van der Waals surface area contributed by atoms with Gasteiger partial charge in [-0.1, -0.05) is 22.0 Å². The van der Waals surface area contributed by atoms with Crippen molar-refractivity contribution in [1.82, 2.24) is 15.5 Å². The van der Waals surface area contributed by atoms with E-state index in [4.69, 9.17) is 0 Å². The van der Waals surface area contributed by atoms with Crippen LogP contribution in [0.4, 0.5) is 0 Å². The molecule has 0 radical (unpaired) electrons. The van der Waals surface area contributed by atoms with Crippen LogP contribution in [-0.2, 0) is 0 Å². The van der Waals surface area contributed by atoms with E-state index in [9.17, 15) is 0 Å². The van der Waals surface area contributed by atoms with Gasteiger partial charge in [0.1, 0.15) is 0 Å². The van der Waals surface area contributed by atoms with Crippen LogP contribution >= 0.6 is 15.9 Å². The second kappa shape index (κ2) is 4.03. The van der Waals surface area contributed by atoms with E-state index >= 15 is 0 Å². The third-order valence-electron chi connectivity index (χ3n) is 2.86. The van der Waals surface area contributed by atoms with Crippen LogP contribution in [0.5, 0.6) is 0 Å². The molecule has 3 rings (SSSR count). The van der Waals surface area contributed by atoms with E-state index in [1.54, 1.807) is 0 Å². The van der Waals surface area contributed by atoms with E-state index in [1.165, 1.54) is 11.0 Å². The summed E-state index contributed by atoms with van der Waals surface area (Å²) in [4.78, 5) is 0. The first-order chi connectivity index (χ1) is 7.84. The van der Waals surface area contributed by atoms with Gasteiger partial charge >= 0.3 is 0 Å². The maximum Gasteiger partial charge on any atom is 0.0969 e. The van der Waals surface area contributed by atoms with E-state index in [1.807, 2.05) is 12.1 Å². The molecule has 2 heterocycles. The highest BCUT2D eigenvalue weighted by atomic mass is 79.9. The highest BCUT2D eigenvalue weighted by molar-refractivity contribution is 9.10. The Labute approximate surface area is 102 Å². The van der Waals surface area contributed by atoms with Crippen molar-refractivity contribution in [1.29, 1.82) is 0 Å². The van der Waals surface area contributed by atoms with Crippen molar-refractivity contribution in [3.05, 3.63) is 34.4 Å². The fraction of sp³-hybridized carbons (Fsp3) is 0.250. The Morgan fingerprint density at radius 3 is 3.06 bits per heavy atom. The number of aromatic nitrogens is 2. The van der Waals surface area contributed by atoms with Crippen molar-refractivity contribution in [2.45, 2.75) is 6.42 Å². The molecule has 0 saturated heterocycles. The van der Waals surface area contributed by atoms with Crippen molar-refractivity contribution < 1.29 is 0 Å². The molecule has 0 bridgehead atoms. The van der Waals surface area contributed by atoms with Crippen LogP contribution in [0.25, 0.3) is 16.5 Å². The highest BCUT2D eigenvalue weighted by Crippen LogP contribution is 2.26. The number of benzene rings is 1. The summed E-state index contributed by atoms with van der Waals surface area (Å²) in [5, 5.41) is 12.0. The summed E-state index contributed by atoms with van der Waals surface area (Å²) in [6.07, 6.45) is 3.35. The molecule has 1 aliphatic rings. The van der Waals surface area contributed by atoms with E-state index in [0.29, 0.717) is 0 Å². The van der Waals surface area contributed by atoms with E-state index in [-0.39, 0.29) is 0 Å². The SMILES string of the molecule is Brc1ccc2[nH]nc(C3=CCCNC3)c2c1. The zero-order chi connectivity index (χ0) is 11.0. The van der Waals surface area contributed by atoms with Gasteiger partial charge in [-0.25, -0.2) is 0 Å². The quantitative estimate of drug-likeness (QED) is 0.842. The predicted octanol–water partition coefficient (Wildman–Crippen LogP) is 2.70. The number of nitrogens with zero attached hydrogens (tertiary/aromatic N) is 1. The Balaban J connectivity index is 2.16. The standard InChI is InChI=1S/C12H12BrN3/c13-9-3-4-11-10(6-9)12(16-15-11)8-2-1-5-14-7-8/h2-4,6,14H,1,5,7H2,(H,15,16). The van der Waals surface area contributed by atoms with Crippen LogP contribution in [0.15, 0.2) is 28.7 Å². The van der Waals surface area contributed by atoms with Crippen molar-refractivity contribution in [2.75, 3.05) is 13.1 Å². The van der Waals surface area contributed by atoms with Crippen LogP contribution < -0.4 is 5.32 Å². The van der Waals surface area contributed by atoms with Crippen molar-refractivity contribution in [3.63, 3.8) is 0 Å². The molecule has 0 aliphatic carbocycles. The van der Waals surface area contributed by atoms with Crippen LogP contribution in [0.1, 0.15) is 12.1 Å². The summed E-state index contributed by atoms with van der Waals surface area (Å²) in [6.45, 7) is 1.97. The Hall–Kier alpha value is -1.13. The Kier molecular flexibility index (Phi) is 2.53. The number of hydrogen-bond donors (Lipinski definition) is 2. The Bertz CT molecular complexity index is 556. The minimum atomic E-state index is 0.909. The first-order valence-corrected chi connectivity index (χ1v) is 6.17. The number of halogens is 1. The number of fused-ring (bicyclic) bond motifs is 1. The molecule has 1 aliphatic heterocycles. The number of nitrogens with one attached hydrogen (secondary N) is 2. The molecule has 0 unspecified atom stereocenters. The molecule has 0 atom stereocenters. The molecule has 1 aromatic heterocycles. The van der Waals surface area contributed by atoms with E-state index < -0.39 is 0 Å². The fourth-order valence-electron chi connectivity index (χ4n) is 2.06. The molecule has 3 nitrogen and oxygen atoms in total. The summed E-state index contributed by atoms with van der Waals surface area (Å²) in [6, 6.07) is 6.19. The van der Waals surface area contributed by atoms with Crippen LogP contribution in [-0.4, -0.2) is 23.3 Å². The second-order valence-corrected chi connectivity index (χ2v) is 4.87. The molecule has 2 N–H and O–H groups in total. The van der Waals surface area contributed by atoms with Crippen LogP contribution in [0.3, 0.4) is 0 Å². The van der Waals surface area contributed by atoms with Gasteiger partial charge in [-0.2, -0.15) is 5.10 Å². The fourth-order valence-corrected chi connectivity index (χ4v) is 2.42. The summed E-state index contributed by atoms with van der Waals surface area (Å²) >= 11 is 3.50. The summed E-state index contributed by atoms with van der Waals surface area (Å²) in [5.41, 5.74) is 3.45. The maximum atomic E-state index is 4.41. The minimum Gasteiger partial charge on any atom is -0.312 e. The average Bonchev–Trinajstić information content (AvgIpc) is 2.73. The van der Waals surface area contributed by atoms with Gasteiger partial charge in [-0.05, 0) is 36.7 Å². The number of hydrogen-bond acceptors (Lipinski definition) is 2. The molecule has 0 saturated carbocycles. The first kappa shape index (κ1) is 10.1. The molecule has 16 heavy (non-hydrogen) atoms. The molecule has 2 aromatic rings. The number of H-pyrrole nitrogens is 1. The normalized spacial score (nSPS) is 16.4. The summed E-state index contributed by atoms with van der Waals surface area (Å²) < 4.78 is 1.09. The molecular formula is C12H12BrN3. The van der Waals surface area contributed by atoms with Gasteiger partial charge in [0, 0.05) is 16.4 Å². The molecule has 4 heteroatoms. The largest absolute Gasteiger partial charge is 0.312 e. The second-order valence-electron chi connectivity index (χ2n) is 3.96. The molecule has 1 aromatic carbocycles. The van der Waals surface area contributed by atoms with E-state index in [2.05, 4.69) is 43.6 Å². The molecule has 0 fully saturated rings. The third-order valence-corrected chi connectivity index (χ3v) is 3.35. The molecule has 0 amide bonds. The van der Waals surface area contributed by atoms with Crippen molar-refractivity contribution in [3.8, 4) is 0 Å². The van der Waals surface area contributed by atoms with Gasteiger partial charge in [-0.15, -0.1) is 0 Å². The van der Waals surface area contributed by atoms with E-state index in [0.717, 1.165) is 35.2 Å². The monoisotopic (exact) mass is 277 g/mol. The third kappa shape index (κ3) is 1.68. The lowest BCUT2D eigenvalue weighted by molar-refractivity contribution is 0.737. The van der Waals surface area contributed by atoms with Crippen LogP contribution in [0.2, 0.25) is 0 Å². The van der Waals surface area contributed by atoms with Gasteiger partial charge < -0.3 is 5.32 Å². The Morgan fingerprint density at radius 1 is 1.31 bits per heavy atom. The molecular weight excluding hydrogens is 266 g/mol. The average molecular weight is 278 g/mol. The van der Waals surface area contributed by atoms with Crippen molar-refractivity contribution in [2.24, 2.45) is 0 Å². The highest BCUT2D eigenvalue weighted by Gasteiger charge is 2.12. The minimum absolute atomic E-state index is 0.909. The molecule has 0 spiro atoms. The predicted molar refractivity (Wildman–Crippen MR) is 69.3 cm³/mol. The lowest BCUT2D eigenvalue weighted by Gasteiger charge is -2.12. The van der Waals surface area contributed by atoms with Crippen LogP contribution in [0, 0.1) is 0 Å². The lowest BCUT2D eigenvalue weighted by atomic mass is 10.0. The van der Waals surface area contributed by atoms with Gasteiger partial charge in [0.05, 0.1) is 11.2 Å². The number of aromatic amines is 1. The summed E-state index contributed by atoms with van der Waals surface area (Å²) in [5.74, 6) is 0. The zero-order valence-electron chi connectivity index (χ0n) is 8.76. The first-order valence-electron chi connectivity index (χ1n) is 5.38. The van der Waals surface area contributed by atoms with Gasteiger partial charge in [0.15, 0.2) is 0 Å². The van der Waals surface area contributed by atoms with Gasteiger partial charge in [0.25, 0.3) is 0 Å². The lowest BCUT2D eigenvalue weighted by Crippen LogP contribution is -2.21. The number of rotatable bonds is 1. The summed E-state index contributed by atoms with van der Waals surface area (Å²) in [7, 11) is 0. The smallest absolute Gasteiger partial charge is 0.0969 e. The zero-order valence-corrected chi connectivity index (χ0v) is 10.3. The van der Waals surface area contributed by atoms with Gasteiger partial charge in [0.2, 0.25) is 0 Å².